The van der Waals surface area contributed by atoms with E-state index in [1.165, 1.54) is 0 Å². The number of amides is 1. The molecule has 0 saturated heterocycles. The summed E-state index contributed by atoms with van der Waals surface area (Å²) in [5.41, 5.74) is 1.37. The third kappa shape index (κ3) is 2.99. The predicted molar refractivity (Wildman–Crippen MR) is 75.6 cm³/mol. The summed E-state index contributed by atoms with van der Waals surface area (Å²) in [5.74, 6) is 0.390. The number of hydrogen-bond acceptors (Lipinski definition) is 1. The second-order valence-electron chi connectivity index (χ2n) is 5.09. The van der Waals surface area contributed by atoms with E-state index in [0.29, 0.717) is 16.5 Å². The molecule has 18 heavy (non-hydrogen) atoms. The van der Waals surface area contributed by atoms with Crippen molar-refractivity contribution in [3.63, 3.8) is 0 Å². The molecule has 4 heteroatoms. The second-order valence-corrected chi connectivity index (χ2v) is 5.80. The van der Waals surface area contributed by atoms with Gasteiger partial charge in [-0.3, -0.25) is 4.79 Å². The number of aryl methyl sites for hydroxylation is 1. The van der Waals surface area contributed by atoms with Crippen molar-refractivity contribution in [1.82, 2.24) is 5.32 Å². The van der Waals surface area contributed by atoms with Crippen LogP contribution in [-0.4, -0.2) is 17.3 Å². The van der Waals surface area contributed by atoms with Crippen LogP contribution in [0.15, 0.2) is 18.2 Å². The molecule has 1 aliphatic carbocycles. The van der Waals surface area contributed by atoms with Crippen LogP contribution in [0.5, 0.6) is 0 Å². The topological polar surface area (TPSA) is 29.1 Å². The van der Waals surface area contributed by atoms with E-state index in [2.05, 4.69) is 5.32 Å². The Morgan fingerprint density at radius 1 is 1.33 bits per heavy atom. The Balaban J connectivity index is 2.16. The van der Waals surface area contributed by atoms with E-state index < -0.39 is 0 Å². The fraction of sp³-hybridized carbons (Fsp3) is 0.500. The van der Waals surface area contributed by atoms with Crippen molar-refractivity contribution in [1.29, 1.82) is 0 Å². The Morgan fingerprint density at radius 2 is 2.00 bits per heavy atom. The quantitative estimate of drug-likeness (QED) is 0.838. The monoisotopic (exact) mass is 285 g/mol. The average Bonchev–Trinajstić information content (AvgIpc) is 2.77. The molecule has 0 aliphatic heterocycles. The van der Waals surface area contributed by atoms with Gasteiger partial charge in [-0.25, -0.2) is 0 Å². The van der Waals surface area contributed by atoms with Crippen LogP contribution < -0.4 is 5.32 Å². The van der Waals surface area contributed by atoms with Crippen molar-refractivity contribution < 1.29 is 4.79 Å². The van der Waals surface area contributed by atoms with Gasteiger partial charge in [0.2, 0.25) is 0 Å². The smallest absolute Gasteiger partial charge is 0.251 e. The molecule has 0 spiro atoms. The van der Waals surface area contributed by atoms with Crippen molar-refractivity contribution in [2.24, 2.45) is 0 Å². The largest absolute Gasteiger partial charge is 0.345 e. The molecule has 1 aliphatic rings. The van der Waals surface area contributed by atoms with Gasteiger partial charge in [0.25, 0.3) is 5.91 Å². The zero-order chi connectivity index (χ0) is 13.2. The molecule has 2 rings (SSSR count). The van der Waals surface area contributed by atoms with Crippen molar-refractivity contribution >= 4 is 29.1 Å². The Morgan fingerprint density at radius 3 is 2.56 bits per heavy atom. The summed E-state index contributed by atoms with van der Waals surface area (Å²) in [4.78, 5) is 12.2. The molecule has 0 atom stereocenters. The molecule has 1 saturated carbocycles. The second kappa shape index (κ2) is 5.50. The molecule has 1 aromatic rings. The first-order valence-electron chi connectivity index (χ1n) is 6.20. The van der Waals surface area contributed by atoms with Gasteiger partial charge in [-0.15, -0.1) is 11.6 Å². The van der Waals surface area contributed by atoms with Gasteiger partial charge in [0.15, 0.2) is 0 Å². The zero-order valence-corrected chi connectivity index (χ0v) is 11.9. The van der Waals surface area contributed by atoms with Gasteiger partial charge >= 0.3 is 0 Å². The van der Waals surface area contributed by atoms with Gasteiger partial charge in [0, 0.05) is 16.5 Å². The summed E-state index contributed by atoms with van der Waals surface area (Å²) < 4.78 is 0. The summed E-state index contributed by atoms with van der Waals surface area (Å²) in [5, 5.41) is 3.67. The fourth-order valence-electron chi connectivity index (χ4n) is 2.52. The minimum absolute atomic E-state index is 0.0804. The molecule has 0 aromatic heterocycles. The number of halogens is 2. The van der Waals surface area contributed by atoms with Gasteiger partial charge in [0.05, 0.1) is 5.54 Å². The molecular weight excluding hydrogens is 269 g/mol. The van der Waals surface area contributed by atoms with Crippen molar-refractivity contribution in [2.45, 2.75) is 38.1 Å². The average molecular weight is 286 g/mol. The van der Waals surface area contributed by atoms with E-state index in [9.17, 15) is 4.79 Å². The maximum absolute atomic E-state index is 12.2. The lowest BCUT2D eigenvalue weighted by atomic mass is 9.99. The molecule has 0 radical (unpaired) electrons. The van der Waals surface area contributed by atoms with Gasteiger partial charge in [-0.2, -0.15) is 0 Å². The van der Waals surface area contributed by atoms with Crippen molar-refractivity contribution in [2.75, 3.05) is 5.88 Å². The number of rotatable bonds is 3. The van der Waals surface area contributed by atoms with Gasteiger partial charge in [0.1, 0.15) is 0 Å². The van der Waals surface area contributed by atoms with Crippen molar-refractivity contribution in [3.8, 4) is 0 Å². The van der Waals surface area contributed by atoms with E-state index in [4.69, 9.17) is 23.2 Å². The van der Waals surface area contributed by atoms with Crippen LogP contribution in [0.2, 0.25) is 5.02 Å². The van der Waals surface area contributed by atoms with Crippen LogP contribution in [0.3, 0.4) is 0 Å². The molecular formula is C14H17Cl2NO. The zero-order valence-electron chi connectivity index (χ0n) is 10.4. The van der Waals surface area contributed by atoms with Crippen LogP contribution >= 0.6 is 23.2 Å². The summed E-state index contributed by atoms with van der Waals surface area (Å²) >= 11 is 12.0. The normalized spacial score (nSPS) is 17.7. The van der Waals surface area contributed by atoms with E-state index in [1.807, 2.05) is 19.1 Å². The van der Waals surface area contributed by atoms with Gasteiger partial charge in [-0.1, -0.05) is 24.4 Å². The highest BCUT2D eigenvalue weighted by atomic mass is 35.5. The highest BCUT2D eigenvalue weighted by Gasteiger charge is 2.34. The number of benzene rings is 1. The molecule has 1 amide bonds. The Hall–Kier alpha value is -0.730. The van der Waals surface area contributed by atoms with Crippen molar-refractivity contribution in [3.05, 3.63) is 34.3 Å². The molecule has 0 heterocycles. The van der Waals surface area contributed by atoms with Crippen LogP contribution in [0, 0.1) is 6.92 Å². The first kappa shape index (κ1) is 13.7. The molecule has 98 valence electrons. The molecule has 0 unspecified atom stereocenters. The summed E-state index contributed by atoms with van der Waals surface area (Å²) in [6.07, 6.45) is 4.17. The highest BCUT2D eigenvalue weighted by molar-refractivity contribution is 6.31. The fourth-order valence-corrected chi connectivity index (χ4v) is 3.15. The van der Waals surface area contributed by atoms with E-state index in [0.717, 1.165) is 31.2 Å². The number of carbonyl (C=O) groups is 1. The van der Waals surface area contributed by atoms with Gasteiger partial charge < -0.3 is 5.32 Å². The summed E-state index contributed by atoms with van der Waals surface area (Å²) in [7, 11) is 0. The predicted octanol–water partition coefficient (Wildman–Crippen LogP) is 3.93. The first-order valence-corrected chi connectivity index (χ1v) is 7.12. The van der Waals surface area contributed by atoms with E-state index >= 15 is 0 Å². The number of hydrogen-bond donors (Lipinski definition) is 1. The molecule has 1 fully saturated rings. The number of carbonyl (C=O) groups excluding carboxylic acids is 1. The Bertz CT molecular complexity index is 433. The van der Waals surface area contributed by atoms with Crippen LogP contribution in [0.25, 0.3) is 0 Å². The number of nitrogens with one attached hydrogen (secondary N) is 1. The minimum atomic E-state index is -0.227. The highest BCUT2D eigenvalue weighted by Crippen LogP contribution is 2.31. The summed E-state index contributed by atoms with van der Waals surface area (Å²) in [6.45, 7) is 1.93. The van der Waals surface area contributed by atoms with Crippen LogP contribution in [0.1, 0.15) is 41.6 Å². The van der Waals surface area contributed by atoms with E-state index in [-0.39, 0.29) is 11.4 Å². The van der Waals surface area contributed by atoms with E-state index in [1.54, 1.807) is 6.07 Å². The molecule has 1 N–H and O–H groups in total. The Kier molecular flexibility index (Phi) is 4.18. The minimum Gasteiger partial charge on any atom is -0.345 e. The lowest BCUT2D eigenvalue weighted by Gasteiger charge is -2.28. The molecule has 0 bridgehead atoms. The lowest BCUT2D eigenvalue weighted by molar-refractivity contribution is 0.0909. The van der Waals surface area contributed by atoms with Crippen LogP contribution in [-0.2, 0) is 0 Å². The third-order valence-electron chi connectivity index (χ3n) is 3.50. The maximum Gasteiger partial charge on any atom is 0.251 e. The Labute approximate surface area is 118 Å². The lowest BCUT2D eigenvalue weighted by Crippen LogP contribution is -2.47. The van der Waals surface area contributed by atoms with Crippen LogP contribution in [0.4, 0.5) is 0 Å². The standard InChI is InChI=1S/C14H17Cl2NO/c1-10-6-11(8-12(16)7-10)13(18)17-14(9-15)4-2-3-5-14/h6-8H,2-5,9H2,1H3,(H,17,18). The summed E-state index contributed by atoms with van der Waals surface area (Å²) in [6, 6.07) is 5.38. The SMILES string of the molecule is Cc1cc(Cl)cc(C(=O)NC2(CCl)CCCC2)c1. The number of alkyl halides is 1. The maximum atomic E-state index is 12.2. The molecule has 1 aromatic carbocycles. The molecule has 2 nitrogen and oxygen atoms in total. The third-order valence-corrected chi connectivity index (χ3v) is 4.23. The first-order chi connectivity index (χ1) is 8.54. The van der Waals surface area contributed by atoms with Gasteiger partial charge in [-0.05, 0) is 43.5 Å².